The van der Waals surface area contributed by atoms with E-state index in [9.17, 15) is 9.59 Å². The van der Waals surface area contributed by atoms with Crippen molar-refractivity contribution in [2.45, 2.75) is 57.6 Å². The first-order chi connectivity index (χ1) is 8.66. The molecule has 2 aliphatic rings. The number of nitrogens with one attached hydrogen (secondary N) is 1. The Morgan fingerprint density at radius 2 is 2.11 bits per heavy atom. The second-order valence-electron chi connectivity index (χ2n) is 5.23. The largest absolute Gasteiger partial charge is 0.460 e. The van der Waals surface area contributed by atoms with Gasteiger partial charge >= 0.3 is 5.97 Å². The second kappa shape index (κ2) is 6.03. The Labute approximate surface area is 108 Å². The fourth-order valence-electron chi connectivity index (χ4n) is 2.51. The standard InChI is InChI=1S/C14H21NO3/c1-10-6-3-2-4-9-13(16)15-11-7-5-8-12(11)18-14(10)17/h2-3,10-12H,4-9H2,1H3,(H,15,16)/b3-2-/t10-,11+,12+/m1/s1. The lowest BCUT2D eigenvalue weighted by Crippen LogP contribution is -2.42. The van der Waals surface area contributed by atoms with E-state index in [4.69, 9.17) is 4.74 Å². The summed E-state index contributed by atoms with van der Waals surface area (Å²) in [6, 6.07) is 0.0112. The average Bonchev–Trinajstić information content (AvgIpc) is 2.74. The Morgan fingerprint density at radius 1 is 1.28 bits per heavy atom. The molecule has 100 valence electrons. The molecule has 1 fully saturated rings. The highest BCUT2D eigenvalue weighted by atomic mass is 16.5. The van der Waals surface area contributed by atoms with Gasteiger partial charge in [-0.05, 0) is 32.1 Å². The maximum Gasteiger partial charge on any atom is 0.309 e. The molecule has 0 radical (unpaired) electrons. The van der Waals surface area contributed by atoms with Crippen LogP contribution in [-0.2, 0) is 14.3 Å². The summed E-state index contributed by atoms with van der Waals surface area (Å²) in [5.74, 6) is -0.190. The molecule has 0 aromatic heterocycles. The molecule has 4 nitrogen and oxygen atoms in total. The van der Waals surface area contributed by atoms with Gasteiger partial charge in [0.15, 0.2) is 0 Å². The minimum absolute atomic E-state index is 0.0112. The van der Waals surface area contributed by atoms with Gasteiger partial charge in [-0.2, -0.15) is 0 Å². The summed E-state index contributed by atoms with van der Waals surface area (Å²) in [6.07, 6.45) is 8.53. The number of hydrogen-bond acceptors (Lipinski definition) is 3. The fourth-order valence-corrected chi connectivity index (χ4v) is 2.51. The monoisotopic (exact) mass is 251 g/mol. The first kappa shape index (κ1) is 13.1. The summed E-state index contributed by atoms with van der Waals surface area (Å²) in [4.78, 5) is 23.6. The molecule has 1 N–H and O–H groups in total. The zero-order chi connectivity index (χ0) is 13.0. The molecule has 1 aliphatic carbocycles. The van der Waals surface area contributed by atoms with Crippen molar-refractivity contribution in [3.8, 4) is 0 Å². The van der Waals surface area contributed by atoms with Gasteiger partial charge in [-0.3, -0.25) is 9.59 Å². The van der Waals surface area contributed by atoms with Gasteiger partial charge < -0.3 is 10.1 Å². The Morgan fingerprint density at radius 3 is 2.94 bits per heavy atom. The highest BCUT2D eigenvalue weighted by molar-refractivity contribution is 5.77. The van der Waals surface area contributed by atoms with Crippen molar-refractivity contribution in [3.63, 3.8) is 0 Å². The summed E-state index contributed by atoms with van der Waals surface area (Å²) >= 11 is 0. The Kier molecular flexibility index (Phi) is 4.39. The van der Waals surface area contributed by atoms with Crippen LogP contribution in [0, 0.1) is 5.92 Å². The van der Waals surface area contributed by atoms with E-state index in [0.29, 0.717) is 12.8 Å². The number of carbonyl (C=O) groups excluding carboxylic acids is 2. The lowest BCUT2D eigenvalue weighted by atomic mass is 10.1. The minimum atomic E-state index is -0.147. The quantitative estimate of drug-likeness (QED) is 0.529. The lowest BCUT2D eigenvalue weighted by molar-refractivity contribution is -0.154. The molecule has 18 heavy (non-hydrogen) atoms. The predicted octanol–water partition coefficient (Wildman–Crippen LogP) is 1.94. The normalized spacial score (nSPS) is 35.7. The van der Waals surface area contributed by atoms with Crippen LogP contribution in [0.2, 0.25) is 0 Å². The molecule has 0 aromatic carbocycles. The zero-order valence-corrected chi connectivity index (χ0v) is 10.9. The molecule has 1 amide bonds. The van der Waals surface area contributed by atoms with E-state index in [1.165, 1.54) is 0 Å². The van der Waals surface area contributed by atoms with E-state index in [-0.39, 0.29) is 29.9 Å². The van der Waals surface area contributed by atoms with Gasteiger partial charge in [0.1, 0.15) is 6.10 Å². The van der Waals surface area contributed by atoms with E-state index in [1.54, 1.807) is 0 Å². The van der Waals surface area contributed by atoms with Gasteiger partial charge in [-0.15, -0.1) is 0 Å². The van der Waals surface area contributed by atoms with Crippen LogP contribution in [0.1, 0.15) is 45.4 Å². The van der Waals surface area contributed by atoms with Gasteiger partial charge in [0.25, 0.3) is 0 Å². The zero-order valence-electron chi connectivity index (χ0n) is 10.9. The van der Waals surface area contributed by atoms with E-state index < -0.39 is 0 Å². The number of carbonyl (C=O) groups is 2. The van der Waals surface area contributed by atoms with E-state index >= 15 is 0 Å². The Bertz CT molecular complexity index is 351. The van der Waals surface area contributed by atoms with Crippen molar-refractivity contribution in [1.82, 2.24) is 5.32 Å². The maximum absolute atomic E-state index is 11.9. The summed E-state index contributed by atoms with van der Waals surface area (Å²) in [7, 11) is 0. The van der Waals surface area contributed by atoms with E-state index in [0.717, 1.165) is 25.7 Å². The van der Waals surface area contributed by atoms with Crippen LogP contribution in [0.15, 0.2) is 12.2 Å². The highest BCUT2D eigenvalue weighted by Crippen LogP contribution is 2.24. The summed E-state index contributed by atoms with van der Waals surface area (Å²) in [5.41, 5.74) is 0. The number of fused-ring (bicyclic) bond motifs is 1. The summed E-state index contributed by atoms with van der Waals surface area (Å²) < 4.78 is 5.52. The molecule has 0 aromatic rings. The molecule has 0 unspecified atom stereocenters. The highest BCUT2D eigenvalue weighted by Gasteiger charge is 2.32. The van der Waals surface area contributed by atoms with Crippen molar-refractivity contribution < 1.29 is 14.3 Å². The molecular formula is C14H21NO3. The minimum Gasteiger partial charge on any atom is -0.460 e. The third-order valence-electron chi connectivity index (χ3n) is 3.66. The number of ether oxygens (including phenoxy) is 1. The number of allylic oxidation sites excluding steroid dienone is 2. The van der Waals surface area contributed by atoms with Crippen molar-refractivity contribution in [2.24, 2.45) is 5.92 Å². The summed E-state index contributed by atoms with van der Waals surface area (Å²) in [5, 5.41) is 2.98. The molecule has 1 heterocycles. The fraction of sp³-hybridized carbons (Fsp3) is 0.714. The van der Waals surface area contributed by atoms with Crippen molar-refractivity contribution >= 4 is 11.9 Å². The third-order valence-corrected chi connectivity index (χ3v) is 3.66. The molecule has 0 spiro atoms. The molecule has 2 rings (SSSR count). The number of hydrogen-bond donors (Lipinski definition) is 1. The molecule has 0 saturated heterocycles. The molecule has 1 aliphatic heterocycles. The first-order valence-electron chi connectivity index (χ1n) is 6.81. The molecule has 3 atom stereocenters. The van der Waals surface area contributed by atoms with E-state index in [1.807, 2.05) is 19.1 Å². The van der Waals surface area contributed by atoms with Crippen molar-refractivity contribution in [2.75, 3.05) is 0 Å². The lowest BCUT2D eigenvalue weighted by Gasteiger charge is -2.23. The van der Waals surface area contributed by atoms with Gasteiger partial charge in [0.2, 0.25) is 5.91 Å². The van der Waals surface area contributed by atoms with Crippen LogP contribution in [0.5, 0.6) is 0 Å². The summed E-state index contributed by atoms with van der Waals surface area (Å²) in [6.45, 7) is 1.89. The van der Waals surface area contributed by atoms with Crippen LogP contribution in [-0.4, -0.2) is 24.0 Å². The molecule has 0 bridgehead atoms. The molecule has 1 saturated carbocycles. The topological polar surface area (TPSA) is 55.4 Å². The van der Waals surface area contributed by atoms with Crippen LogP contribution in [0.4, 0.5) is 0 Å². The number of rotatable bonds is 0. The second-order valence-corrected chi connectivity index (χ2v) is 5.23. The molecular weight excluding hydrogens is 230 g/mol. The van der Waals surface area contributed by atoms with Gasteiger partial charge in [0.05, 0.1) is 12.0 Å². The van der Waals surface area contributed by atoms with Gasteiger partial charge in [0, 0.05) is 6.42 Å². The number of esters is 1. The predicted molar refractivity (Wildman–Crippen MR) is 67.8 cm³/mol. The SMILES string of the molecule is C[C@@H]1C/C=C\CCC(=O)N[C@H]2CCC[C@@H]2OC1=O. The molecule has 4 heteroatoms. The first-order valence-corrected chi connectivity index (χ1v) is 6.81. The van der Waals surface area contributed by atoms with Crippen molar-refractivity contribution in [1.29, 1.82) is 0 Å². The Balaban J connectivity index is 2.06. The average molecular weight is 251 g/mol. The third kappa shape index (κ3) is 3.34. The van der Waals surface area contributed by atoms with Crippen molar-refractivity contribution in [3.05, 3.63) is 12.2 Å². The smallest absolute Gasteiger partial charge is 0.309 e. The maximum atomic E-state index is 11.9. The number of amides is 1. The Hall–Kier alpha value is -1.32. The van der Waals surface area contributed by atoms with Gasteiger partial charge in [-0.1, -0.05) is 19.1 Å². The van der Waals surface area contributed by atoms with Crippen LogP contribution in [0.3, 0.4) is 0 Å². The van der Waals surface area contributed by atoms with E-state index in [2.05, 4.69) is 5.32 Å². The van der Waals surface area contributed by atoms with Crippen LogP contribution < -0.4 is 5.32 Å². The van der Waals surface area contributed by atoms with Crippen LogP contribution in [0.25, 0.3) is 0 Å². The van der Waals surface area contributed by atoms with Crippen LogP contribution >= 0.6 is 0 Å². The van der Waals surface area contributed by atoms with Gasteiger partial charge in [-0.25, -0.2) is 0 Å².